The van der Waals surface area contributed by atoms with Crippen LogP contribution in [-0.4, -0.2) is 33.2 Å². The van der Waals surface area contributed by atoms with Gasteiger partial charge in [-0.1, -0.05) is 23.4 Å². The molecule has 0 saturated carbocycles. The Balaban J connectivity index is 1.68. The molecule has 2 heterocycles. The number of hydrogen-bond acceptors (Lipinski definition) is 7. The first-order chi connectivity index (χ1) is 11.7. The van der Waals surface area contributed by atoms with Gasteiger partial charge < -0.3 is 19.7 Å². The van der Waals surface area contributed by atoms with Crippen LogP contribution in [0, 0.1) is 0 Å². The number of carbonyl (C=O) groups is 1. The van der Waals surface area contributed by atoms with Crippen LogP contribution in [-0.2, 0) is 6.54 Å². The quantitative estimate of drug-likeness (QED) is 0.735. The van der Waals surface area contributed by atoms with E-state index < -0.39 is 5.91 Å². The van der Waals surface area contributed by atoms with Gasteiger partial charge >= 0.3 is 0 Å². The van der Waals surface area contributed by atoms with Gasteiger partial charge in [-0.05, 0) is 12.1 Å². The molecule has 0 aliphatic carbocycles. The predicted octanol–water partition coefficient (Wildman–Crippen LogP) is 1.78. The second-order valence-electron chi connectivity index (χ2n) is 4.77. The van der Waals surface area contributed by atoms with Gasteiger partial charge in [-0.25, -0.2) is 4.98 Å². The average molecular weight is 326 g/mol. The van der Waals surface area contributed by atoms with Gasteiger partial charge in [0.2, 0.25) is 0 Å². The Labute approximate surface area is 137 Å². The molecule has 3 rings (SSSR count). The second kappa shape index (κ2) is 6.78. The summed E-state index contributed by atoms with van der Waals surface area (Å²) in [5, 5.41) is 16.3. The molecule has 8 nitrogen and oxygen atoms in total. The molecule has 24 heavy (non-hydrogen) atoms. The van der Waals surface area contributed by atoms with E-state index in [1.54, 1.807) is 0 Å². The molecule has 3 aromatic rings. The normalized spacial score (nSPS) is 10.4. The summed E-state index contributed by atoms with van der Waals surface area (Å²) in [5.41, 5.74) is 0.649. The van der Waals surface area contributed by atoms with Crippen LogP contribution in [0.25, 0.3) is 11.5 Å². The molecule has 0 aliphatic heterocycles. The molecule has 2 aromatic heterocycles. The van der Waals surface area contributed by atoms with Crippen molar-refractivity contribution in [2.45, 2.75) is 6.54 Å². The molecule has 0 radical (unpaired) electrons. The van der Waals surface area contributed by atoms with E-state index in [0.29, 0.717) is 11.7 Å². The molecule has 0 atom stereocenters. The number of ether oxygens (including phenoxy) is 1. The van der Waals surface area contributed by atoms with Crippen LogP contribution in [0.2, 0.25) is 0 Å². The van der Waals surface area contributed by atoms with Crippen LogP contribution in [0.4, 0.5) is 0 Å². The molecular formula is C16H14N4O4. The number of benzene rings is 1. The van der Waals surface area contributed by atoms with Crippen LogP contribution in [0.5, 0.6) is 11.5 Å². The Morgan fingerprint density at radius 3 is 2.83 bits per heavy atom. The molecule has 8 heteroatoms. The molecule has 122 valence electrons. The highest BCUT2D eigenvalue weighted by Crippen LogP contribution is 2.27. The number of aromatic hydroxyl groups is 1. The van der Waals surface area contributed by atoms with Crippen LogP contribution in [0.3, 0.4) is 0 Å². The highest BCUT2D eigenvalue weighted by Gasteiger charge is 2.17. The minimum Gasteiger partial charge on any atom is -0.503 e. The number of aromatic nitrogens is 3. The molecule has 1 aromatic carbocycles. The van der Waals surface area contributed by atoms with Crippen molar-refractivity contribution in [3.63, 3.8) is 0 Å². The minimum atomic E-state index is -0.572. The van der Waals surface area contributed by atoms with Crippen LogP contribution >= 0.6 is 0 Å². The first kappa shape index (κ1) is 15.5. The van der Waals surface area contributed by atoms with Crippen molar-refractivity contribution in [1.29, 1.82) is 0 Å². The number of pyridine rings is 1. The lowest BCUT2D eigenvalue weighted by Crippen LogP contribution is -2.24. The number of hydrogen-bond donors (Lipinski definition) is 2. The SMILES string of the molecule is COc1ccnc(C(=O)NCc2noc(-c3ccccc3)n2)c1O. The van der Waals surface area contributed by atoms with Gasteiger partial charge in [0.1, 0.15) is 0 Å². The topological polar surface area (TPSA) is 110 Å². The Morgan fingerprint density at radius 1 is 1.29 bits per heavy atom. The fraction of sp³-hybridized carbons (Fsp3) is 0.125. The van der Waals surface area contributed by atoms with Gasteiger partial charge in [-0.2, -0.15) is 4.98 Å². The first-order valence-electron chi connectivity index (χ1n) is 7.07. The zero-order valence-corrected chi connectivity index (χ0v) is 12.8. The van der Waals surface area contributed by atoms with Gasteiger partial charge in [0.05, 0.1) is 13.7 Å². The first-order valence-corrected chi connectivity index (χ1v) is 7.07. The summed E-state index contributed by atoms with van der Waals surface area (Å²) in [7, 11) is 1.39. The minimum absolute atomic E-state index is 0.0352. The van der Waals surface area contributed by atoms with E-state index in [0.717, 1.165) is 5.56 Å². The monoisotopic (exact) mass is 326 g/mol. The highest BCUT2D eigenvalue weighted by atomic mass is 16.5. The molecular weight excluding hydrogens is 312 g/mol. The molecule has 0 spiro atoms. The lowest BCUT2D eigenvalue weighted by atomic mass is 10.2. The zero-order valence-electron chi connectivity index (χ0n) is 12.8. The molecule has 1 amide bonds. The van der Waals surface area contributed by atoms with E-state index in [9.17, 15) is 9.90 Å². The molecule has 0 aliphatic rings. The fourth-order valence-electron chi connectivity index (χ4n) is 2.03. The standard InChI is InChI=1S/C16H14N4O4/c1-23-11-7-8-17-13(14(11)21)15(22)18-9-12-19-16(24-20-12)10-5-3-2-4-6-10/h2-8,21H,9H2,1H3,(H,18,22). The third-order valence-corrected chi connectivity index (χ3v) is 3.22. The summed E-state index contributed by atoms with van der Waals surface area (Å²) in [6.07, 6.45) is 1.37. The predicted molar refractivity (Wildman–Crippen MR) is 83.4 cm³/mol. The van der Waals surface area contributed by atoms with Crippen LogP contribution in [0.15, 0.2) is 47.1 Å². The van der Waals surface area contributed by atoms with E-state index in [1.165, 1.54) is 19.4 Å². The van der Waals surface area contributed by atoms with Crippen molar-refractivity contribution in [2.24, 2.45) is 0 Å². The number of nitrogens with zero attached hydrogens (tertiary/aromatic N) is 3. The maximum atomic E-state index is 12.1. The summed E-state index contributed by atoms with van der Waals surface area (Å²) < 4.78 is 10.1. The van der Waals surface area contributed by atoms with Gasteiger partial charge in [-0.3, -0.25) is 4.79 Å². The summed E-state index contributed by atoms with van der Waals surface area (Å²) in [4.78, 5) is 20.2. The highest BCUT2D eigenvalue weighted by molar-refractivity contribution is 5.95. The van der Waals surface area contributed by atoms with E-state index in [-0.39, 0.29) is 23.7 Å². The van der Waals surface area contributed by atoms with E-state index in [2.05, 4.69) is 20.4 Å². The molecule has 0 bridgehead atoms. The Hall–Kier alpha value is -3.42. The van der Waals surface area contributed by atoms with Crippen molar-refractivity contribution < 1.29 is 19.2 Å². The second-order valence-corrected chi connectivity index (χ2v) is 4.77. The van der Waals surface area contributed by atoms with Crippen molar-refractivity contribution in [2.75, 3.05) is 7.11 Å². The van der Waals surface area contributed by atoms with Crippen molar-refractivity contribution in [3.8, 4) is 23.0 Å². The van der Waals surface area contributed by atoms with Crippen molar-refractivity contribution in [3.05, 3.63) is 54.1 Å². The number of methoxy groups -OCH3 is 1. The number of rotatable bonds is 5. The van der Waals surface area contributed by atoms with E-state index in [4.69, 9.17) is 9.26 Å². The lowest BCUT2D eigenvalue weighted by Gasteiger charge is -2.07. The average Bonchev–Trinajstić information content (AvgIpc) is 3.10. The smallest absolute Gasteiger partial charge is 0.274 e. The summed E-state index contributed by atoms with van der Waals surface area (Å²) in [5.74, 6) is -0.0547. The van der Waals surface area contributed by atoms with E-state index in [1.807, 2.05) is 30.3 Å². The number of carbonyl (C=O) groups excluding carboxylic acids is 1. The van der Waals surface area contributed by atoms with Crippen LogP contribution in [0.1, 0.15) is 16.3 Å². The van der Waals surface area contributed by atoms with Crippen molar-refractivity contribution >= 4 is 5.91 Å². The molecule has 0 fully saturated rings. The summed E-state index contributed by atoms with van der Waals surface area (Å²) >= 11 is 0. The maximum Gasteiger partial charge on any atom is 0.274 e. The Morgan fingerprint density at radius 2 is 2.08 bits per heavy atom. The van der Waals surface area contributed by atoms with Gasteiger partial charge in [0, 0.05) is 17.8 Å². The van der Waals surface area contributed by atoms with Gasteiger partial charge in [0.15, 0.2) is 23.0 Å². The molecule has 2 N–H and O–H groups in total. The fourth-order valence-corrected chi connectivity index (χ4v) is 2.03. The van der Waals surface area contributed by atoms with E-state index >= 15 is 0 Å². The zero-order chi connectivity index (χ0) is 16.9. The largest absolute Gasteiger partial charge is 0.503 e. The summed E-state index contributed by atoms with van der Waals surface area (Å²) in [6.45, 7) is 0.0352. The van der Waals surface area contributed by atoms with Crippen molar-refractivity contribution in [1.82, 2.24) is 20.4 Å². The van der Waals surface area contributed by atoms with Crippen LogP contribution < -0.4 is 10.1 Å². The molecule has 0 saturated heterocycles. The Kier molecular flexibility index (Phi) is 4.37. The van der Waals surface area contributed by atoms with Gasteiger partial charge in [-0.15, -0.1) is 0 Å². The third-order valence-electron chi connectivity index (χ3n) is 3.22. The number of nitrogens with one attached hydrogen (secondary N) is 1. The van der Waals surface area contributed by atoms with Gasteiger partial charge in [0.25, 0.3) is 11.8 Å². The summed E-state index contributed by atoms with van der Waals surface area (Å²) in [6, 6.07) is 10.7. The number of amides is 1. The maximum absolute atomic E-state index is 12.1. The lowest BCUT2D eigenvalue weighted by molar-refractivity contribution is 0.0941. The molecule has 0 unspecified atom stereocenters. The third kappa shape index (κ3) is 3.17. The Bertz CT molecular complexity index is 848.